The maximum Gasteiger partial charge on any atom is 0.121 e. The fraction of sp³-hybridized carbons (Fsp3) is 0.200. The van der Waals surface area contributed by atoms with Gasteiger partial charge in [0.2, 0.25) is 0 Å². The average Bonchev–Trinajstić information content (AvgIpc) is 2.46. The van der Waals surface area contributed by atoms with Crippen molar-refractivity contribution >= 4 is 5.69 Å². The lowest BCUT2D eigenvalue weighted by Crippen LogP contribution is -2.12. The summed E-state index contributed by atoms with van der Waals surface area (Å²) >= 11 is 0. The Kier molecular flexibility index (Phi) is 4.39. The fourth-order valence-corrected chi connectivity index (χ4v) is 1.83. The molecule has 4 N–H and O–H groups in total. The van der Waals surface area contributed by atoms with Gasteiger partial charge in [0, 0.05) is 17.8 Å². The molecule has 0 saturated carbocycles. The van der Waals surface area contributed by atoms with Crippen LogP contribution in [0.3, 0.4) is 0 Å². The molecule has 0 aromatic heterocycles. The van der Waals surface area contributed by atoms with Crippen LogP contribution in [0.4, 0.5) is 5.69 Å². The second-order valence-electron chi connectivity index (χ2n) is 4.31. The highest BCUT2D eigenvalue weighted by molar-refractivity contribution is 5.43. The Morgan fingerprint density at radius 3 is 2.47 bits per heavy atom. The number of hydrogen-bond acceptors (Lipinski definition) is 4. The highest BCUT2D eigenvalue weighted by Gasteiger charge is 2.10. The smallest absolute Gasteiger partial charge is 0.121 e. The first kappa shape index (κ1) is 13.4. The van der Waals surface area contributed by atoms with Crippen molar-refractivity contribution in [3.8, 4) is 5.75 Å². The minimum absolute atomic E-state index is 0.0365. The molecule has 100 valence electrons. The highest BCUT2D eigenvalue weighted by atomic mass is 16.3. The number of hydrogen-bond donors (Lipinski definition) is 4. The van der Waals surface area contributed by atoms with Crippen molar-refractivity contribution in [1.82, 2.24) is 0 Å². The lowest BCUT2D eigenvalue weighted by atomic mass is 10.1. The van der Waals surface area contributed by atoms with E-state index in [1.54, 1.807) is 12.1 Å². The summed E-state index contributed by atoms with van der Waals surface area (Å²) in [4.78, 5) is 0. The van der Waals surface area contributed by atoms with Crippen molar-refractivity contribution in [2.45, 2.75) is 12.7 Å². The molecule has 0 radical (unpaired) electrons. The third-order valence-electron chi connectivity index (χ3n) is 2.93. The van der Waals surface area contributed by atoms with Crippen molar-refractivity contribution in [2.75, 3.05) is 11.9 Å². The lowest BCUT2D eigenvalue weighted by Gasteiger charge is -2.14. The summed E-state index contributed by atoms with van der Waals surface area (Å²) in [5.74, 6) is 0.0365. The van der Waals surface area contributed by atoms with E-state index in [-0.39, 0.29) is 12.4 Å². The average molecular weight is 259 g/mol. The topological polar surface area (TPSA) is 72.7 Å². The fourth-order valence-electron chi connectivity index (χ4n) is 1.83. The number of aliphatic hydroxyl groups is 2. The van der Waals surface area contributed by atoms with E-state index in [1.165, 1.54) is 6.07 Å². The van der Waals surface area contributed by atoms with E-state index in [2.05, 4.69) is 5.32 Å². The Labute approximate surface area is 112 Å². The normalized spacial score (nSPS) is 12.1. The monoisotopic (exact) mass is 259 g/mol. The van der Waals surface area contributed by atoms with Crippen LogP contribution in [0.25, 0.3) is 0 Å². The molecule has 4 nitrogen and oxygen atoms in total. The summed E-state index contributed by atoms with van der Waals surface area (Å²) < 4.78 is 0. The van der Waals surface area contributed by atoms with Crippen LogP contribution in [0.5, 0.6) is 5.75 Å². The molecule has 2 rings (SSSR count). The predicted octanol–water partition coefficient (Wildman–Crippen LogP) is 2.03. The van der Waals surface area contributed by atoms with Gasteiger partial charge in [-0.3, -0.25) is 0 Å². The molecule has 0 aliphatic carbocycles. The molecule has 2 aromatic carbocycles. The number of nitrogens with one attached hydrogen (secondary N) is 1. The van der Waals surface area contributed by atoms with Crippen LogP contribution in [0.15, 0.2) is 48.5 Å². The summed E-state index contributed by atoms with van der Waals surface area (Å²) in [6, 6.07) is 14.3. The van der Waals surface area contributed by atoms with Crippen LogP contribution in [-0.4, -0.2) is 21.9 Å². The van der Waals surface area contributed by atoms with E-state index >= 15 is 0 Å². The first-order valence-corrected chi connectivity index (χ1v) is 6.10. The van der Waals surface area contributed by atoms with Gasteiger partial charge >= 0.3 is 0 Å². The zero-order valence-electron chi connectivity index (χ0n) is 10.5. The number of para-hydroxylation sites is 1. The zero-order chi connectivity index (χ0) is 13.7. The van der Waals surface area contributed by atoms with Gasteiger partial charge in [0.05, 0.1) is 12.7 Å². The Morgan fingerprint density at radius 2 is 1.79 bits per heavy atom. The standard InChI is InChI=1S/C15H17NO3/c17-10-12-8-11(6-7-14(12)18)15(19)9-16-13-4-2-1-3-5-13/h1-8,15-19H,9-10H2. The van der Waals surface area contributed by atoms with Gasteiger partial charge < -0.3 is 20.6 Å². The highest BCUT2D eigenvalue weighted by Crippen LogP contribution is 2.22. The molecule has 0 heterocycles. The van der Waals surface area contributed by atoms with E-state index in [0.29, 0.717) is 17.7 Å². The lowest BCUT2D eigenvalue weighted by molar-refractivity contribution is 0.191. The van der Waals surface area contributed by atoms with Gasteiger partial charge in [-0.2, -0.15) is 0 Å². The Balaban J connectivity index is 2.02. The number of phenols is 1. The summed E-state index contributed by atoms with van der Waals surface area (Å²) in [5, 5.41) is 31.7. The predicted molar refractivity (Wildman–Crippen MR) is 73.9 cm³/mol. The van der Waals surface area contributed by atoms with E-state index in [4.69, 9.17) is 5.11 Å². The van der Waals surface area contributed by atoms with Crippen LogP contribution < -0.4 is 5.32 Å². The summed E-state index contributed by atoms with van der Waals surface area (Å²) in [6.45, 7) is 0.109. The van der Waals surface area contributed by atoms with Gasteiger partial charge in [0.15, 0.2) is 0 Å². The first-order chi connectivity index (χ1) is 9.20. The Hall–Kier alpha value is -2.04. The van der Waals surface area contributed by atoms with Crippen LogP contribution >= 0.6 is 0 Å². The van der Waals surface area contributed by atoms with Gasteiger partial charge in [-0.05, 0) is 29.8 Å². The van der Waals surface area contributed by atoms with Crippen LogP contribution in [0, 0.1) is 0 Å². The third-order valence-corrected chi connectivity index (χ3v) is 2.93. The van der Waals surface area contributed by atoms with E-state index < -0.39 is 6.10 Å². The van der Waals surface area contributed by atoms with Gasteiger partial charge in [0.25, 0.3) is 0 Å². The molecule has 0 amide bonds. The van der Waals surface area contributed by atoms with Crippen LogP contribution in [0.1, 0.15) is 17.2 Å². The van der Waals surface area contributed by atoms with E-state index in [0.717, 1.165) is 5.69 Å². The minimum atomic E-state index is -0.703. The number of rotatable bonds is 5. The van der Waals surface area contributed by atoms with Crippen molar-refractivity contribution in [3.63, 3.8) is 0 Å². The quantitative estimate of drug-likeness (QED) is 0.663. The van der Waals surface area contributed by atoms with Crippen molar-refractivity contribution in [1.29, 1.82) is 0 Å². The third kappa shape index (κ3) is 3.47. The summed E-state index contributed by atoms with van der Waals surface area (Å²) in [6.07, 6.45) is -0.703. The van der Waals surface area contributed by atoms with Gasteiger partial charge in [-0.1, -0.05) is 24.3 Å². The molecule has 1 unspecified atom stereocenters. The molecule has 0 bridgehead atoms. The van der Waals surface area contributed by atoms with Gasteiger partial charge in [0.1, 0.15) is 5.75 Å². The summed E-state index contributed by atoms with van der Waals surface area (Å²) in [5.41, 5.74) is 2.00. The molecule has 0 aliphatic rings. The van der Waals surface area contributed by atoms with Crippen molar-refractivity contribution in [3.05, 3.63) is 59.7 Å². The van der Waals surface area contributed by atoms with E-state index in [1.807, 2.05) is 30.3 Å². The molecule has 2 aromatic rings. The molecule has 0 aliphatic heterocycles. The molecular weight excluding hydrogens is 242 g/mol. The van der Waals surface area contributed by atoms with Gasteiger partial charge in [-0.25, -0.2) is 0 Å². The number of aliphatic hydroxyl groups excluding tert-OH is 2. The van der Waals surface area contributed by atoms with Crippen molar-refractivity contribution in [2.24, 2.45) is 0 Å². The molecule has 4 heteroatoms. The number of anilines is 1. The molecule has 19 heavy (non-hydrogen) atoms. The second kappa shape index (κ2) is 6.22. The maximum atomic E-state index is 10.1. The van der Waals surface area contributed by atoms with Gasteiger partial charge in [-0.15, -0.1) is 0 Å². The SMILES string of the molecule is OCc1cc(C(O)CNc2ccccc2)ccc1O. The summed E-state index contributed by atoms with van der Waals surface area (Å²) in [7, 11) is 0. The van der Waals surface area contributed by atoms with Crippen LogP contribution in [-0.2, 0) is 6.61 Å². The second-order valence-corrected chi connectivity index (χ2v) is 4.31. The number of benzene rings is 2. The first-order valence-electron chi connectivity index (χ1n) is 6.10. The zero-order valence-corrected chi connectivity index (χ0v) is 10.5. The van der Waals surface area contributed by atoms with Crippen LogP contribution in [0.2, 0.25) is 0 Å². The Bertz CT molecular complexity index is 528. The van der Waals surface area contributed by atoms with E-state index in [9.17, 15) is 10.2 Å². The molecule has 0 fully saturated rings. The maximum absolute atomic E-state index is 10.1. The molecular formula is C15H17NO3. The minimum Gasteiger partial charge on any atom is -0.508 e. The molecule has 1 atom stereocenters. The Morgan fingerprint density at radius 1 is 1.05 bits per heavy atom. The van der Waals surface area contributed by atoms with Crippen molar-refractivity contribution < 1.29 is 15.3 Å². The largest absolute Gasteiger partial charge is 0.508 e. The number of aromatic hydroxyl groups is 1. The molecule has 0 saturated heterocycles. The molecule has 0 spiro atoms.